The molecule has 1 saturated carbocycles. The van der Waals surface area contributed by atoms with Gasteiger partial charge in [-0.25, -0.2) is 0 Å². The largest absolute Gasteiger partial charge is 0.316 e. The first-order valence-corrected chi connectivity index (χ1v) is 9.23. The average Bonchev–Trinajstić information content (AvgIpc) is 3.13. The molecular weight excluding hydrogens is 324 g/mol. The topological polar surface area (TPSA) is 15.3 Å². The Morgan fingerprint density at radius 3 is 2.71 bits per heavy atom. The van der Waals surface area contributed by atoms with Crippen LogP contribution >= 0.6 is 15.9 Å². The van der Waals surface area contributed by atoms with Gasteiger partial charge >= 0.3 is 0 Å². The molecule has 0 bridgehead atoms. The highest BCUT2D eigenvalue weighted by Crippen LogP contribution is 2.36. The Bertz CT molecular complexity index is 468. The molecule has 0 radical (unpaired) electrons. The molecule has 2 nitrogen and oxygen atoms in total. The molecule has 21 heavy (non-hydrogen) atoms. The van der Waals surface area contributed by atoms with E-state index in [0.29, 0.717) is 0 Å². The van der Waals surface area contributed by atoms with Gasteiger partial charge in [0.05, 0.1) is 0 Å². The fourth-order valence-corrected chi connectivity index (χ4v) is 4.73. The van der Waals surface area contributed by atoms with Gasteiger partial charge in [0.25, 0.3) is 0 Å². The minimum atomic E-state index is 0.844. The van der Waals surface area contributed by atoms with Crippen molar-refractivity contribution in [2.75, 3.05) is 13.6 Å². The molecular formula is C18H27BrN2. The van der Waals surface area contributed by atoms with Crippen LogP contribution in [-0.4, -0.2) is 24.5 Å². The first kappa shape index (κ1) is 15.5. The summed E-state index contributed by atoms with van der Waals surface area (Å²) in [5, 5.41) is 3.22. The summed E-state index contributed by atoms with van der Waals surface area (Å²) in [6.07, 6.45) is 8.64. The summed E-state index contributed by atoms with van der Waals surface area (Å²) in [7, 11) is 2.00. The predicted molar refractivity (Wildman–Crippen MR) is 92.3 cm³/mol. The van der Waals surface area contributed by atoms with Gasteiger partial charge in [0.1, 0.15) is 0 Å². The number of likely N-dealkylation sites (tertiary alicyclic amines) is 1. The summed E-state index contributed by atoms with van der Waals surface area (Å²) in [6.45, 7) is 3.33. The molecule has 2 fully saturated rings. The van der Waals surface area contributed by atoms with Crippen molar-refractivity contribution in [3.05, 3.63) is 33.8 Å². The molecule has 1 aromatic carbocycles. The molecule has 1 aliphatic heterocycles. The van der Waals surface area contributed by atoms with E-state index in [0.717, 1.165) is 25.0 Å². The lowest BCUT2D eigenvalue weighted by Gasteiger charge is -2.29. The quantitative estimate of drug-likeness (QED) is 0.850. The van der Waals surface area contributed by atoms with E-state index in [1.54, 1.807) is 0 Å². The van der Waals surface area contributed by atoms with E-state index in [2.05, 4.69) is 44.3 Å². The smallest absolute Gasteiger partial charge is 0.0247 e. The Morgan fingerprint density at radius 1 is 1.19 bits per heavy atom. The number of nitrogens with zero attached hydrogens (tertiary/aromatic N) is 1. The molecule has 116 valence electrons. The maximum Gasteiger partial charge on any atom is 0.0247 e. The zero-order valence-electron chi connectivity index (χ0n) is 13.1. The standard InChI is InChI=1S/C18H27BrN2/c1-20-12-14-8-9-16(17(19)11-14)13-21-10-4-7-18(21)15-5-2-3-6-15/h8-9,11,15,18,20H,2-7,10,12-13H2,1H3. The van der Waals surface area contributed by atoms with Gasteiger partial charge in [0, 0.05) is 23.6 Å². The van der Waals surface area contributed by atoms with Crippen molar-refractivity contribution in [3.63, 3.8) is 0 Å². The molecule has 3 rings (SSSR count). The number of hydrogen-bond acceptors (Lipinski definition) is 2. The van der Waals surface area contributed by atoms with Crippen LogP contribution in [0.5, 0.6) is 0 Å². The van der Waals surface area contributed by atoms with E-state index in [1.807, 2.05) is 7.05 Å². The fourth-order valence-electron chi connectivity index (χ4n) is 4.18. The number of benzene rings is 1. The second kappa shape index (κ2) is 7.26. The van der Waals surface area contributed by atoms with Gasteiger partial charge in [-0.2, -0.15) is 0 Å². The molecule has 1 N–H and O–H groups in total. The van der Waals surface area contributed by atoms with Gasteiger partial charge in [-0.3, -0.25) is 4.90 Å². The van der Waals surface area contributed by atoms with Crippen molar-refractivity contribution in [3.8, 4) is 0 Å². The van der Waals surface area contributed by atoms with Crippen LogP contribution in [0.15, 0.2) is 22.7 Å². The van der Waals surface area contributed by atoms with Crippen molar-refractivity contribution in [2.24, 2.45) is 5.92 Å². The van der Waals surface area contributed by atoms with Crippen LogP contribution in [0.4, 0.5) is 0 Å². The summed E-state index contributed by atoms with van der Waals surface area (Å²) in [4.78, 5) is 2.74. The Balaban J connectivity index is 1.67. The average molecular weight is 351 g/mol. The van der Waals surface area contributed by atoms with Gasteiger partial charge in [-0.1, -0.05) is 40.9 Å². The van der Waals surface area contributed by atoms with Crippen LogP contribution < -0.4 is 5.32 Å². The molecule has 1 heterocycles. The summed E-state index contributed by atoms with van der Waals surface area (Å²) >= 11 is 3.77. The van der Waals surface area contributed by atoms with Gasteiger partial charge in [0.15, 0.2) is 0 Å². The van der Waals surface area contributed by atoms with E-state index in [-0.39, 0.29) is 0 Å². The lowest BCUT2D eigenvalue weighted by Crippen LogP contribution is -2.34. The minimum absolute atomic E-state index is 0.844. The lowest BCUT2D eigenvalue weighted by atomic mass is 9.95. The van der Waals surface area contributed by atoms with E-state index in [4.69, 9.17) is 0 Å². The lowest BCUT2D eigenvalue weighted by molar-refractivity contribution is 0.183. The van der Waals surface area contributed by atoms with Crippen LogP contribution in [0, 0.1) is 5.92 Å². The first-order valence-electron chi connectivity index (χ1n) is 8.44. The molecule has 0 aromatic heterocycles. The number of halogens is 1. The Hall–Kier alpha value is -0.380. The van der Waals surface area contributed by atoms with Crippen molar-refractivity contribution < 1.29 is 0 Å². The van der Waals surface area contributed by atoms with Gasteiger partial charge in [0.2, 0.25) is 0 Å². The highest BCUT2D eigenvalue weighted by Gasteiger charge is 2.33. The van der Waals surface area contributed by atoms with E-state index in [1.165, 1.54) is 60.7 Å². The summed E-state index contributed by atoms with van der Waals surface area (Å²) in [5.41, 5.74) is 2.79. The SMILES string of the molecule is CNCc1ccc(CN2CCCC2C2CCCC2)c(Br)c1. The van der Waals surface area contributed by atoms with E-state index in [9.17, 15) is 0 Å². The second-order valence-electron chi connectivity index (χ2n) is 6.68. The molecule has 0 amide bonds. The molecule has 3 heteroatoms. The first-order chi connectivity index (χ1) is 10.3. The van der Waals surface area contributed by atoms with Gasteiger partial charge in [-0.05, 0) is 62.4 Å². The number of hydrogen-bond donors (Lipinski definition) is 1. The monoisotopic (exact) mass is 350 g/mol. The zero-order valence-corrected chi connectivity index (χ0v) is 14.7. The molecule has 1 aliphatic carbocycles. The van der Waals surface area contributed by atoms with E-state index >= 15 is 0 Å². The molecule has 0 spiro atoms. The third kappa shape index (κ3) is 3.69. The van der Waals surface area contributed by atoms with Crippen molar-refractivity contribution in [2.45, 2.75) is 57.7 Å². The van der Waals surface area contributed by atoms with Crippen LogP contribution in [0.25, 0.3) is 0 Å². The van der Waals surface area contributed by atoms with E-state index < -0.39 is 0 Å². The third-order valence-corrected chi connectivity index (χ3v) is 5.97. The van der Waals surface area contributed by atoms with Gasteiger partial charge in [-0.15, -0.1) is 0 Å². The molecule has 1 unspecified atom stereocenters. The van der Waals surface area contributed by atoms with Gasteiger partial charge < -0.3 is 5.32 Å². The summed E-state index contributed by atoms with van der Waals surface area (Å²) in [6, 6.07) is 7.68. The third-order valence-electron chi connectivity index (χ3n) is 5.23. The molecule has 1 saturated heterocycles. The second-order valence-corrected chi connectivity index (χ2v) is 7.54. The molecule has 1 aromatic rings. The van der Waals surface area contributed by atoms with Crippen molar-refractivity contribution in [1.29, 1.82) is 0 Å². The minimum Gasteiger partial charge on any atom is -0.316 e. The van der Waals surface area contributed by atoms with Crippen molar-refractivity contribution >= 4 is 15.9 Å². The maximum absolute atomic E-state index is 3.77. The van der Waals surface area contributed by atoms with Crippen LogP contribution in [0.1, 0.15) is 49.7 Å². The highest BCUT2D eigenvalue weighted by atomic mass is 79.9. The van der Waals surface area contributed by atoms with Crippen LogP contribution in [0.3, 0.4) is 0 Å². The zero-order chi connectivity index (χ0) is 14.7. The normalized spacial score (nSPS) is 24.0. The summed E-state index contributed by atoms with van der Waals surface area (Å²) < 4.78 is 1.27. The highest BCUT2D eigenvalue weighted by molar-refractivity contribution is 9.10. The van der Waals surface area contributed by atoms with Crippen LogP contribution in [-0.2, 0) is 13.1 Å². The fraction of sp³-hybridized carbons (Fsp3) is 0.667. The van der Waals surface area contributed by atoms with Crippen LogP contribution in [0.2, 0.25) is 0 Å². The molecule has 1 atom stereocenters. The Kier molecular flexibility index (Phi) is 5.36. The van der Waals surface area contributed by atoms with Crippen molar-refractivity contribution in [1.82, 2.24) is 10.2 Å². The Labute approximate surface area is 137 Å². The predicted octanol–water partition coefficient (Wildman–Crippen LogP) is 4.32. The number of nitrogens with one attached hydrogen (secondary N) is 1. The molecule has 2 aliphatic rings. The summed E-state index contributed by atoms with van der Waals surface area (Å²) in [5.74, 6) is 0.967. The maximum atomic E-state index is 3.77. The number of rotatable bonds is 5. The Morgan fingerprint density at radius 2 is 2.00 bits per heavy atom.